The highest BCUT2D eigenvalue weighted by Gasteiger charge is 2.51. The van der Waals surface area contributed by atoms with E-state index in [1.807, 2.05) is 6.08 Å². The zero-order valence-corrected chi connectivity index (χ0v) is 21.9. The Balaban J connectivity index is 1.73. The van der Waals surface area contributed by atoms with E-state index < -0.39 is 30.1 Å². The molecule has 0 amide bonds. The first-order chi connectivity index (χ1) is 16.4. The van der Waals surface area contributed by atoms with Crippen molar-refractivity contribution in [2.75, 3.05) is 0 Å². The second kappa shape index (κ2) is 11.3. The van der Waals surface area contributed by atoms with Gasteiger partial charge in [-0.05, 0) is 86.2 Å². The summed E-state index contributed by atoms with van der Waals surface area (Å²) in [5, 5.41) is 41.5. The summed E-state index contributed by atoms with van der Waals surface area (Å²) in [5.41, 5.74) is 1.66. The van der Waals surface area contributed by atoms with Gasteiger partial charge in [0.25, 0.3) is 0 Å². The standard InChI is InChI=1S/C30H45FO4/c1-6-30(35,21(4)31)16-8-10-27(33)20(3)25-13-14-26-22(9-7-15-29(25,26)5)11-12-23-17-24(32)18-28(34)19(23)2/h11-12,20-21,24-28,32-35H,2,6-7,9,13-18H2,1,3-5H3/b22-11-,23-12+/t20-,21?,24-,25?,26?,27?,28+,29-,30?/m1/s1. The second-order valence-corrected chi connectivity index (χ2v) is 11.5. The second-order valence-electron chi connectivity index (χ2n) is 11.5. The molecule has 196 valence electrons. The van der Waals surface area contributed by atoms with Crippen LogP contribution >= 0.6 is 0 Å². The molecule has 9 atom stereocenters. The van der Waals surface area contributed by atoms with Crippen molar-refractivity contribution in [3.63, 3.8) is 0 Å². The fraction of sp³-hybridized carbons (Fsp3) is 0.733. The Morgan fingerprint density at radius 3 is 2.63 bits per heavy atom. The van der Waals surface area contributed by atoms with E-state index >= 15 is 0 Å². The topological polar surface area (TPSA) is 80.9 Å². The minimum Gasteiger partial charge on any atom is -0.393 e. The van der Waals surface area contributed by atoms with Crippen molar-refractivity contribution in [3.8, 4) is 11.8 Å². The largest absolute Gasteiger partial charge is 0.393 e. The van der Waals surface area contributed by atoms with Crippen molar-refractivity contribution in [2.24, 2.45) is 23.2 Å². The number of aliphatic hydroxyl groups is 4. The monoisotopic (exact) mass is 488 g/mol. The van der Waals surface area contributed by atoms with Crippen LogP contribution in [0.5, 0.6) is 0 Å². The van der Waals surface area contributed by atoms with Crippen LogP contribution in [0.2, 0.25) is 0 Å². The number of alkyl halides is 1. The molecule has 4 N–H and O–H groups in total. The van der Waals surface area contributed by atoms with Gasteiger partial charge in [-0.2, -0.15) is 0 Å². The van der Waals surface area contributed by atoms with Crippen LogP contribution < -0.4 is 0 Å². The maximum Gasteiger partial charge on any atom is 0.127 e. The van der Waals surface area contributed by atoms with E-state index in [1.165, 1.54) is 12.5 Å². The molecule has 0 aromatic rings. The first-order valence-corrected chi connectivity index (χ1v) is 13.4. The molecular formula is C30H45FO4. The van der Waals surface area contributed by atoms with Gasteiger partial charge in [-0.25, -0.2) is 4.39 Å². The van der Waals surface area contributed by atoms with Gasteiger partial charge in [-0.1, -0.05) is 56.9 Å². The number of hydrogen-bond acceptors (Lipinski definition) is 4. The summed E-state index contributed by atoms with van der Waals surface area (Å²) >= 11 is 0. The fourth-order valence-corrected chi connectivity index (χ4v) is 6.82. The number of hydrogen-bond donors (Lipinski definition) is 4. The van der Waals surface area contributed by atoms with Crippen LogP contribution in [0.1, 0.15) is 85.5 Å². The fourth-order valence-electron chi connectivity index (χ4n) is 6.82. The molecule has 0 saturated heterocycles. The Labute approximate surface area is 211 Å². The van der Waals surface area contributed by atoms with Gasteiger partial charge in [-0.3, -0.25) is 0 Å². The van der Waals surface area contributed by atoms with Crippen LogP contribution in [-0.4, -0.2) is 50.5 Å². The van der Waals surface area contributed by atoms with Gasteiger partial charge in [-0.15, -0.1) is 0 Å². The van der Waals surface area contributed by atoms with Crippen LogP contribution in [0.3, 0.4) is 0 Å². The van der Waals surface area contributed by atoms with Crippen molar-refractivity contribution < 1.29 is 24.8 Å². The molecule has 5 heteroatoms. The lowest BCUT2D eigenvalue weighted by Crippen LogP contribution is -2.39. The Morgan fingerprint density at radius 1 is 1.26 bits per heavy atom. The molecule has 35 heavy (non-hydrogen) atoms. The van der Waals surface area contributed by atoms with E-state index in [9.17, 15) is 24.8 Å². The van der Waals surface area contributed by atoms with E-state index in [-0.39, 0.29) is 24.2 Å². The predicted octanol–water partition coefficient (Wildman–Crippen LogP) is 5.02. The molecule has 3 rings (SSSR count). The van der Waals surface area contributed by atoms with Crippen LogP contribution in [-0.2, 0) is 0 Å². The van der Waals surface area contributed by atoms with Crippen LogP contribution in [0.4, 0.5) is 4.39 Å². The molecule has 0 aliphatic heterocycles. The smallest absolute Gasteiger partial charge is 0.127 e. The lowest BCUT2D eigenvalue weighted by Gasteiger charge is -2.44. The van der Waals surface area contributed by atoms with Gasteiger partial charge in [0.1, 0.15) is 17.9 Å². The number of fused-ring (bicyclic) bond motifs is 1. The van der Waals surface area contributed by atoms with E-state index in [4.69, 9.17) is 0 Å². The van der Waals surface area contributed by atoms with Crippen LogP contribution in [0, 0.1) is 35.0 Å². The highest BCUT2D eigenvalue weighted by Crippen LogP contribution is 2.59. The first-order valence-electron chi connectivity index (χ1n) is 13.4. The van der Waals surface area contributed by atoms with Gasteiger partial charge < -0.3 is 20.4 Å². The molecule has 5 unspecified atom stereocenters. The van der Waals surface area contributed by atoms with E-state index in [0.29, 0.717) is 30.3 Å². The minimum atomic E-state index is -1.46. The molecule has 3 saturated carbocycles. The highest BCUT2D eigenvalue weighted by molar-refractivity contribution is 5.38. The Bertz CT molecular complexity index is 896. The molecule has 0 aromatic carbocycles. The van der Waals surface area contributed by atoms with Gasteiger partial charge in [0.05, 0.1) is 12.2 Å². The van der Waals surface area contributed by atoms with Crippen LogP contribution in [0.25, 0.3) is 0 Å². The molecule has 0 spiro atoms. The summed E-state index contributed by atoms with van der Waals surface area (Å²) in [6, 6.07) is 0. The van der Waals surface area contributed by atoms with Crippen molar-refractivity contribution >= 4 is 0 Å². The predicted molar refractivity (Wildman–Crippen MR) is 138 cm³/mol. The zero-order chi connectivity index (χ0) is 26.0. The summed E-state index contributed by atoms with van der Waals surface area (Å²) < 4.78 is 13.8. The minimum absolute atomic E-state index is 0.0175. The van der Waals surface area contributed by atoms with E-state index in [1.54, 1.807) is 6.92 Å². The highest BCUT2D eigenvalue weighted by atomic mass is 19.1. The van der Waals surface area contributed by atoms with Crippen LogP contribution in [0.15, 0.2) is 35.5 Å². The SMILES string of the molecule is C=C1/C(=C/C=C2/CCC[C@@]3(C)C2CCC3[C@@H](C)C(O)C#CCC(O)(CC)C(C)F)C[C@@H](O)C[C@@H]1O. The molecule has 0 radical (unpaired) electrons. The zero-order valence-electron chi connectivity index (χ0n) is 21.9. The summed E-state index contributed by atoms with van der Waals surface area (Å²) in [4.78, 5) is 0. The third kappa shape index (κ3) is 5.93. The molecule has 0 heterocycles. The van der Waals surface area contributed by atoms with Gasteiger partial charge in [0, 0.05) is 12.8 Å². The van der Waals surface area contributed by atoms with Crippen molar-refractivity contribution in [2.45, 2.75) is 116 Å². The Morgan fingerprint density at radius 2 is 1.97 bits per heavy atom. The van der Waals surface area contributed by atoms with Crippen molar-refractivity contribution in [1.82, 2.24) is 0 Å². The first kappa shape index (κ1) is 28.1. The Kier molecular flexibility index (Phi) is 9.08. The average Bonchev–Trinajstić information content (AvgIpc) is 3.16. The molecule has 3 aliphatic carbocycles. The quantitative estimate of drug-likeness (QED) is 0.396. The maximum absolute atomic E-state index is 13.8. The third-order valence-corrected chi connectivity index (χ3v) is 9.43. The molecule has 0 aromatic heterocycles. The van der Waals surface area contributed by atoms with Gasteiger partial charge >= 0.3 is 0 Å². The lowest BCUT2D eigenvalue weighted by molar-refractivity contribution is -0.0266. The van der Waals surface area contributed by atoms with E-state index in [2.05, 4.69) is 38.3 Å². The number of rotatable bonds is 6. The Hall–Kier alpha value is -1.45. The molecule has 4 nitrogen and oxygen atoms in total. The molecule has 3 aliphatic rings. The summed E-state index contributed by atoms with van der Waals surface area (Å²) in [6.45, 7) is 11.5. The molecule has 3 fully saturated rings. The normalized spacial score (nSPS) is 37.8. The number of halogens is 1. The van der Waals surface area contributed by atoms with Gasteiger partial charge in [0.2, 0.25) is 0 Å². The summed E-state index contributed by atoms with van der Waals surface area (Å²) in [7, 11) is 0. The van der Waals surface area contributed by atoms with E-state index in [0.717, 1.165) is 37.7 Å². The summed E-state index contributed by atoms with van der Waals surface area (Å²) in [5.74, 6) is 6.52. The van der Waals surface area contributed by atoms with Gasteiger partial charge in [0.15, 0.2) is 0 Å². The molecular weight excluding hydrogens is 443 g/mol. The number of allylic oxidation sites excluding steroid dienone is 3. The summed E-state index contributed by atoms with van der Waals surface area (Å²) in [6.07, 6.45) is 7.38. The molecule has 0 bridgehead atoms. The average molecular weight is 489 g/mol. The van der Waals surface area contributed by atoms with Crippen molar-refractivity contribution in [1.29, 1.82) is 0 Å². The third-order valence-electron chi connectivity index (χ3n) is 9.43. The maximum atomic E-state index is 13.8. The number of aliphatic hydroxyl groups excluding tert-OH is 3. The van der Waals surface area contributed by atoms with Crippen molar-refractivity contribution in [3.05, 3.63) is 35.5 Å². The lowest BCUT2D eigenvalue weighted by atomic mass is 9.60.